The Labute approximate surface area is 114 Å². The lowest BCUT2D eigenvalue weighted by atomic mass is 10.0. The van der Waals surface area contributed by atoms with Gasteiger partial charge in [-0.3, -0.25) is 0 Å². The molecule has 102 valence electrons. The standard InChI is InChI=1S/C16H22N2O/c1-10(2)15-18-13-9-12(5-6-14(13)19-15)17-11(3)16(4)7-8-16/h5-6,9-11,17H,7-8H2,1-4H3. The molecule has 1 saturated carbocycles. The maximum absolute atomic E-state index is 5.73. The lowest BCUT2D eigenvalue weighted by molar-refractivity contribution is 0.493. The average molecular weight is 258 g/mol. The van der Waals surface area contributed by atoms with Gasteiger partial charge in [-0.1, -0.05) is 20.8 Å². The molecule has 3 rings (SSSR count). The van der Waals surface area contributed by atoms with Gasteiger partial charge in [0.15, 0.2) is 11.5 Å². The molecule has 0 saturated heterocycles. The summed E-state index contributed by atoms with van der Waals surface area (Å²) in [4.78, 5) is 4.55. The maximum atomic E-state index is 5.73. The molecule has 3 nitrogen and oxygen atoms in total. The van der Waals surface area contributed by atoms with Gasteiger partial charge in [-0.05, 0) is 43.4 Å². The van der Waals surface area contributed by atoms with Crippen molar-refractivity contribution in [3.63, 3.8) is 0 Å². The first-order chi connectivity index (χ1) is 8.98. The third-order valence-electron chi connectivity index (χ3n) is 4.37. The molecule has 1 fully saturated rings. The predicted octanol–water partition coefficient (Wildman–Crippen LogP) is 4.55. The van der Waals surface area contributed by atoms with Crippen molar-refractivity contribution in [3.8, 4) is 0 Å². The second-order valence-corrected chi connectivity index (χ2v) is 6.41. The predicted molar refractivity (Wildman–Crippen MR) is 78.5 cm³/mol. The molecule has 1 aliphatic carbocycles. The van der Waals surface area contributed by atoms with Crippen LogP contribution in [0.5, 0.6) is 0 Å². The summed E-state index contributed by atoms with van der Waals surface area (Å²) >= 11 is 0. The van der Waals surface area contributed by atoms with E-state index in [1.165, 1.54) is 12.8 Å². The minimum absolute atomic E-state index is 0.327. The number of anilines is 1. The molecule has 1 unspecified atom stereocenters. The number of hydrogen-bond acceptors (Lipinski definition) is 3. The number of aromatic nitrogens is 1. The molecule has 0 spiro atoms. The van der Waals surface area contributed by atoms with Crippen LogP contribution in [-0.4, -0.2) is 11.0 Å². The number of nitrogens with zero attached hydrogens (tertiary/aromatic N) is 1. The highest BCUT2D eigenvalue weighted by molar-refractivity contribution is 5.77. The van der Waals surface area contributed by atoms with Gasteiger partial charge in [0.25, 0.3) is 0 Å². The van der Waals surface area contributed by atoms with Crippen molar-refractivity contribution in [2.75, 3.05) is 5.32 Å². The number of rotatable bonds is 4. The Morgan fingerprint density at radius 1 is 1.26 bits per heavy atom. The van der Waals surface area contributed by atoms with Crippen LogP contribution in [0.15, 0.2) is 22.6 Å². The molecule has 1 heterocycles. The molecule has 2 aromatic rings. The van der Waals surface area contributed by atoms with Gasteiger partial charge in [-0.15, -0.1) is 0 Å². The molecule has 1 N–H and O–H groups in total. The number of benzene rings is 1. The summed E-state index contributed by atoms with van der Waals surface area (Å²) in [5.74, 6) is 1.14. The van der Waals surface area contributed by atoms with Gasteiger partial charge in [0.2, 0.25) is 0 Å². The van der Waals surface area contributed by atoms with Crippen LogP contribution in [0.4, 0.5) is 5.69 Å². The molecular weight excluding hydrogens is 236 g/mol. The molecule has 1 aliphatic rings. The topological polar surface area (TPSA) is 38.1 Å². The first-order valence-corrected chi connectivity index (χ1v) is 7.15. The van der Waals surface area contributed by atoms with Crippen LogP contribution in [-0.2, 0) is 0 Å². The smallest absolute Gasteiger partial charge is 0.198 e. The monoisotopic (exact) mass is 258 g/mol. The van der Waals surface area contributed by atoms with Gasteiger partial charge in [0, 0.05) is 17.6 Å². The van der Waals surface area contributed by atoms with Gasteiger partial charge in [-0.25, -0.2) is 4.98 Å². The zero-order valence-electron chi connectivity index (χ0n) is 12.2. The Hall–Kier alpha value is -1.51. The Bertz CT molecular complexity index is 596. The van der Waals surface area contributed by atoms with E-state index in [4.69, 9.17) is 4.42 Å². The Morgan fingerprint density at radius 3 is 2.63 bits per heavy atom. The van der Waals surface area contributed by atoms with Crippen LogP contribution in [0.3, 0.4) is 0 Å². The molecule has 0 amide bonds. The van der Waals surface area contributed by atoms with E-state index < -0.39 is 0 Å². The van der Waals surface area contributed by atoms with Gasteiger partial charge in [-0.2, -0.15) is 0 Å². The largest absolute Gasteiger partial charge is 0.440 e. The number of fused-ring (bicyclic) bond motifs is 1. The van der Waals surface area contributed by atoms with E-state index in [-0.39, 0.29) is 0 Å². The van der Waals surface area contributed by atoms with Crippen molar-refractivity contribution in [3.05, 3.63) is 24.1 Å². The van der Waals surface area contributed by atoms with E-state index in [1.54, 1.807) is 0 Å². The lowest BCUT2D eigenvalue weighted by Crippen LogP contribution is -2.24. The number of oxazole rings is 1. The summed E-state index contributed by atoms with van der Waals surface area (Å²) in [5.41, 5.74) is 3.43. The first kappa shape index (κ1) is 12.5. The Morgan fingerprint density at radius 2 is 2.00 bits per heavy atom. The van der Waals surface area contributed by atoms with Gasteiger partial charge in [0.05, 0.1) is 0 Å². The van der Waals surface area contributed by atoms with Crippen molar-refractivity contribution >= 4 is 16.8 Å². The van der Waals surface area contributed by atoms with Crippen molar-refractivity contribution in [1.29, 1.82) is 0 Å². The highest BCUT2D eigenvalue weighted by atomic mass is 16.3. The van der Waals surface area contributed by atoms with E-state index in [1.807, 2.05) is 6.07 Å². The van der Waals surface area contributed by atoms with Gasteiger partial charge >= 0.3 is 0 Å². The van der Waals surface area contributed by atoms with Crippen LogP contribution in [0.1, 0.15) is 52.3 Å². The van der Waals surface area contributed by atoms with E-state index in [9.17, 15) is 0 Å². The van der Waals surface area contributed by atoms with Crippen LogP contribution in [0, 0.1) is 5.41 Å². The van der Waals surface area contributed by atoms with Gasteiger partial charge in [0.1, 0.15) is 5.52 Å². The molecular formula is C16H22N2O. The molecule has 3 heteroatoms. The average Bonchev–Trinajstić information content (AvgIpc) is 2.97. The minimum atomic E-state index is 0.327. The van der Waals surface area contributed by atoms with E-state index in [0.717, 1.165) is 22.7 Å². The van der Waals surface area contributed by atoms with Crippen LogP contribution in [0.2, 0.25) is 0 Å². The fourth-order valence-electron chi connectivity index (χ4n) is 2.34. The fourth-order valence-corrected chi connectivity index (χ4v) is 2.34. The Kier molecular flexibility index (Phi) is 2.80. The Balaban J connectivity index is 1.84. The molecule has 1 atom stereocenters. The molecule has 0 radical (unpaired) electrons. The summed E-state index contributed by atoms with van der Waals surface area (Å²) in [5, 5.41) is 3.59. The maximum Gasteiger partial charge on any atom is 0.198 e. The third kappa shape index (κ3) is 2.34. The number of nitrogens with one attached hydrogen (secondary N) is 1. The third-order valence-corrected chi connectivity index (χ3v) is 4.37. The molecule has 1 aromatic heterocycles. The SMILES string of the molecule is CC(C)c1nc2cc(NC(C)C3(C)CC3)ccc2o1. The van der Waals surface area contributed by atoms with E-state index in [2.05, 4.69) is 50.1 Å². The summed E-state index contributed by atoms with van der Waals surface area (Å²) in [6.45, 7) is 8.80. The van der Waals surface area contributed by atoms with E-state index in [0.29, 0.717) is 17.4 Å². The summed E-state index contributed by atoms with van der Waals surface area (Å²) in [6, 6.07) is 6.69. The fraction of sp³-hybridized carbons (Fsp3) is 0.562. The van der Waals surface area contributed by atoms with Gasteiger partial charge < -0.3 is 9.73 Å². The van der Waals surface area contributed by atoms with Crippen LogP contribution in [0.25, 0.3) is 11.1 Å². The highest BCUT2D eigenvalue weighted by Crippen LogP contribution is 2.48. The molecule has 1 aromatic carbocycles. The van der Waals surface area contributed by atoms with Crippen LogP contribution < -0.4 is 5.32 Å². The summed E-state index contributed by atoms with van der Waals surface area (Å²) in [6.07, 6.45) is 2.65. The molecule has 0 aliphatic heterocycles. The van der Waals surface area contributed by atoms with Crippen molar-refractivity contribution in [2.45, 2.75) is 52.5 Å². The second kappa shape index (κ2) is 4.26. The van der Waals surface area contributed by atoms with Crippen molar-refractivity contribution < 1.29 is 4.42 Å². The number of hydrogen-bond donors (Lipinski definition) is 1. The van der Waals surface area contributed by atoms with E-state index >= 15 is 0 Å². The normalized spacial score (nSPS) is 18.8. The second-order valence-electron chi connectivity index (χ2n) is 6.41. The summed E-state index contributed by atoms with van der Waals surface area (Å²) in [7, 11) is 0. The van der Waals surface area contributed by atoms with Crippen molar-refractivity contribution in [2.24, 2.45) is 5.41 Å². The quantitative estimate of drug-likeness (QED) is 0.874. The van der Waals surface area contributed by atoms with Crippen molar-refractivity contribution in [1.82, 2.24) is 4.98 Å². The van der Waals surface area contributed by atoms with Crippen LogP contribution >= 0.6 is 0 Å². The molecule has 0 bridgehead atoms. The molecule has 19 heavy (non-hydrogen) atoms. The summed E-state index contributed by atoms with van der Waals surface area (Å²) < 4.78 is 5.73. The first-order valence-electron chi connectivity index (χ1n) is 7.15. The highest BCUT2D eigenvalue weighted by Gasteiger charge is 2.42. The zero-order chi connectivity index (χ0) is 13.6. The minimum Gasteiger partial charge on any atom is -0.440 e. The zero-order valence-corrected chi connectivity index (χ0v) is 12.2. The lowest BCUT2D eigenvalue weighted by Gasteiger charge is -2.21.